The molecule has 0 atom stereocenters. The summed E-state index contributed by atoms with van der Waals surface area (Å²) in [5.74, 6) is -0.989. The number of benzene rings is 1. The van der Waals surface area contributed by atoms with Crippen molar-refractivity contribution in [3.63, 3.8) is 0 Å². The number of anilines is 1. The van der Waals surface area contributed by atoms with E-state index in [1.165, 1.54) is 24.3 Å². The SMILES string of the molecule is CCCCC(=O)OCC(=O)Nc1cccc(S(N)(=O)=O)c1. The summed E-state index contributed by atoms with van der Waals surface area (Å²) in [6.45, 7) is 1.53. The normalized spacial score (nSPS) is 11.0. The molecule has 0 unspecified atom stereocenters. The molecule has 8 heteroatoms. The number of carbonyl (C=O) groups is 2. The number of nitrogens with two attached hydrogens (primary N) is 1. The van der Waals surface area contributed by atoms with Crippen LogP contribution >= 0.6 is 0 Å². The van der Waals surface area contributed by atoms with Crippen LogP contribution < -0.4 is 10.5 Å². The second-order valence-electron chi connectivity index (χ2n) is 4.39. The highest BCUT2D eigenvalue weighted by atomic mass is 32.2. The topological polar surface area (TPSA) is 116 Å². The number of hydrogen-bond donors (Lipinski definition) is 2. The predicted molar refractivity (Wildman–Crippen MR) is 76.9 cm³/mol. The lowest BCUT2D eigenvalue weighted by molar-refractivity contribution is -0.147. The lowest BCUT2D eigenvalue weighted by atomic mass is 10.2. The van der Waals surface area contributed by atoms with Crippen molar-refractivity contribution in [2.75, 3.05) is 11.9 Å². The summed E-state index contributed by atoms with van der Waals surface area (Å²) in [7, 11) is -3.83. The van der Waals surface area contributed by atoms with Crippen molar-refractivity contribution in [2.45, 2.75) is 31.1 Å². The zero-order valence-electron chi connectivity index (χ0n) is 11.7. The van der Waals surface area contributed by atoms with Crippen LogP contribution in [0.15, 0.2) is 29.2 Å². The first-order valence-electron chi connectivity index (χ1n) is 6.41. The van der Waals surface area contributed by atoms with Gasteiger partial charge in [0.05, 0.1) is 4.90 Å². The molecular weight excluding hydrogens is 296 g/mol. The van der Waals surface area contributed by atoms with Crippen LogP contribution in [-0.4, -0.2) is 26.9 Å². The second kappa shape index (κ2) is 7.75. The molecule has 0 heterocycles. The molecule has 1 aromatic rings. The summed E-state index contributed by atoms with van der Waals surface area (Å²) >= 11 is 0. The van der Waals surface area contributed by atoms with Gasteiger partial charge in [-0.05, 0) is 24.6 Å². The Hall–Kier alpha value is -1.93. The molecule has 0 saturated carbocycles. The quantitative estimate of drug-likeness (QED) is 0.729. The minimum absolute atomic E-state index is 0.111. The molecule has 0 aliphatic heterocycles. The Morgan fingerprint density at radius 1 is 1.33 bits per heavy atom. The van der Waals surface area contributed by atoms with Crippen molar-refractivity contribution in [3.8, 4) is 0 Å². The molecule has 0 aliphatic carbocycles. The van der Waals surface area contributed by atoms with E-state index in [-0.39, 0.29) is 17.0 Å². The maximum atomic E-state index is 11.6. The number of ether oxygens (including phenoxy) is 1. The van der Waals surface area contributed by atoms with Gasteiger partial charge in [-0.15, -0.1) is 0 Å². The van der Waals surface area contributed by atoms with Gasteiger partial charge in [0, 0.05) is 12.1 Å². The van der Waals surface area contributed by atoms with Gasteiger partial charge in [-0.2, -0.15) is 0 Å². The van der Waals surface area contributed by atoms with E-state index < -0.39 is 28.5 Å². The Morgan fingerprint density at radius 2 is 2.05 bits per heavy atom. The fourth-order valence-electron chi connectivity index (χ4n) is 1.49. The molecule has 1 rings (SSSR count). The predicted octanol–water partition coefficient (Wildman–Crippen LogP) is 1.01. The Labute approximate surface area is 123 Å². The van der Waals surface area contributed by atoms with Crippen molar-refractivity contribution in [3.05, 3.63) is 24.3 Å². The Bertz CT molecular complexity index is 613. The fourth-order valence-corrected chi connectivity index (χ4v) is 2.05. The Morgan fingerprint density at radius 3 is 2.67 bits per heavy atom. The summed E-state index contributed by atoms with van der Waals surface area (Å²) < 4.78 is 27.1. The van der Waals surface area contributed by atoms with Crippen molar-refractivity contribution < 1.29 is 22.7 Å². The smallest absolute Gasteiger partial charge is 0.306 e. The first-order chi connectivity index (χ1) is 9.82. The van der Waals surface area contributed by atoms with E-state index in [4.69, 9.17) is 9.88 Å². The molecule has 3 N–H and O–H groups in total. The lowest BCUT2D eigenvalue weighted by Gasteiger charge is -2.07. The highest BCUT2D eigenvalue weighted by molar-refractivity contribution is 7.89. The Balaban J connectivity index is 2.54. The maximum Gasteiger partial charge on any atom is 0.306 e. The Kier molecular flexibility index (Phi) is 6.32. The number of esters is 1. The summed E-state index contributed by atoms with van der Waals surface area (Å²) in [5, 5.41) is 7.42. The molecule has 1 aromatic carbocycles. The summed E-state index contributed by atoms with van der Waals surface area (Å²) in [6, 6.07) is 5.50. The monoisotopic (exact) mass is 314 g/mol. The average Bonchev–Trinajstić information content (AvgIpc) is 2.42. The van der Waals surface area contributed by atoms with Gasteiger partial charge in [-0.25, -0.2) is 13.6 Å². The average molecular weight is 314 g/mol. The van der Waals surface area contributed by atoms with Crippen LogP contribution in [0, 0.1) is 0 Å². The summed E-state index contributed by atoms with van der Waals surface area (Å²) in [5.41, 5.74) is 0.260. The molecule has 1 amide bonds. The number of carbonyl (C=O) groups excluding carboxylic acids is 2. The van der Waals surface area contributed by atoms with E-state index in [0.29, 0.717) is 6.42 Å². The third-order valence-electron chi connectivity index (χ3n) is 2.55. The number of amides is 1. The van der Waals surface area contributed by atoms with E-state index in [2.05, 4.69) is 5.32 Å². The largest absolute Gasteiger partial charge is 0.456 e. The van der Waals surface area contributed by atoms with Crippen molar-refractivity contribution in [1.29, 1.82) is 0 Å². The van der Waals surface area contributed by atoms with Crippen LogP contribution in [0.5, 0.6) is 0 Å². The van der Waals surface area contributed by atoms with E-state index in [9.17, 15) is 18.0 Å². The summed E-state index contributed by atoms with van der Waals surface area (Å²) in [4.78, 5) is 22.7. The number of unbranched alkanes of at least 4 members (excludes halogenated alkanes) is 1. The first kappa shape index (κ1) is 17.1. The zero-order chi connectivity index (χ0) is 15.9. The second-order valence-corrected chi connectivity index (χ2v) is 5.95. The van der Waals surface area contributed by atoms with Gasteiger partial charge in [0.15, 0.2) is 6.61 Å². The molecule has 0 aliphatic rings. The fraction of sp³-hybridized carbons (Fsp3) is 0.385. The molecule has 0 aromatic heterocycles. The number of nitrogens with one attached hydrogen (secondary N) is 1. The molecule has 0 bridgehead atoms. The number of primary sulfonamides is 1. The molecule has 0 fully saturated rings. The van der Waals surface area contributed by atoms with Gasteiger partial charge in [0.1, 0.15) is 0 Å². The van der Waals surface area contributed by atoms with Crippen LogP contribution in [0.25, 0.3) is 0 Å². The van der Waals surface area contributed by atoms with E-state index in [1.807, 2.05) is 6.92 Å². The van der Waals surface area contributed by atoms with Gasteiger partial charge in [-0.3, -0.25) is 9.59 Å². The van der Waals surface area contributed by atoms with Gasteiger partial charge in [0.25, 0.3) is 5.91 Å². The number of hydrogen-bond acceptors (Lipinski definition) is 5. The zero-order valence-corrected chi connectivity index (χ0v) is 12.5. The van der Waals surface area contributed by atoms with Gasteiger partial charge < -0.3 is 10.1 Å². The van der Waals surface area contributed by atoms with Crippen molar-refractivity contribution >= 4 is 27.6 Å². The van der Waals surface area contributed by atoms with Crippen LogP contribution in [0.2, 0.25) is 0 Å². The molecule has 21 heavy (non-hydrogen) atoms. The van der Waals surface area contributed by atoms with Gasteiger partial charge in [-0.1, -0.05) is 19.4 Å². The molecule has 0 radical (unpaired) electrons. The van der Waals surface area contributed by atoms with Gasteiger partial charge in [0.2, 0.25) is 10.0 Å². The number of rotatable bonds is 7. The molecule has 0 spiro atoms. The highest BCUT2D eigenvalue weighted by Gasteiger charge is 2.11. The highest BCUT2D eigenvalue weighted by Crippen LogP contribution is 2.13. The molecular formula is C13H18N2O5S. The third kappa shape index (κ3) is 6.37. The van der Waals surface area contributed by atoms with Crippen LogP contribution in [0.4, 0.5) is 5.69 Å². The van der Waals surface area contributed by atoms with Gasteiger partial charge >= 0.3 is 5.97 Å². The number of sulfonamides is 1. The van der Waals surface area contributed by atoms with E-state index >= 15 is 0 Å². The van der Waals surface area contributed by atoms with E-state index in [1.54, 1.807) is 0 Å². The molecule has 0 saturated heterocycles. The lowest BCUT2D eigenvalue weighted by Crippen LogP contribution is -2.21. The minimum atomic E-state index is -3.83. The third-order valence-corrected chi connectivity index (χ3v) is 3.46. The molecule has 116 valence electrons. The summed E-state index contributed by atoms with van der Waals surface area (Å²) in [6.07, 6.45) is 1.84. The first-order valence-corrected chi connectivity index (χ1v) is 7.96. The van der Waals surface area contributed by atoms with Crippen molar-refractivity contribution in [2.24, 2.45) is 5.14 Å². The minimum Gasteiger partial charge on any atom is -0.456 e. The molecule has 7 nitrogen and oxygen atoms in total. The maximum absolute atomic E-state index is 11.6. The van der Waals surface area contributed by atoms with Crippen molar-refractivity contribution in [1.82, 2.24) is 0 Å². The standard InChI is InChI=1S/C13H18N2O5S/c1-2-3-7-13(17)20-9-12(16)15-10-5-4-6-11(8-10)21(14,18)19/h4-6,8H,2-3,7,9H2,1H3,(H,15,16)(H2,14,18,19). The van der Waals surface area contributed by atoms with Crippen LogP contribution in [0.1, 0.15) is 26.2 Å². The van der Waals surface area contributed by atoms with E-state index in [0.717, 1.165) is 6.42 Å². The van der Waals surface area contributed by atoms with Crippen LogP contribution in [0.3, 0.4) is 0 Å². The van der Waals surface area contributed by atoms with Crippen LogP contribution in [-0.2, 0) is 24.3 Å².